The number of rotatable bonds is 5. The number of benzene rings is 1. The molecule has 1 heterocycles. The first-order valence-electron chi connectivity index (χ1n) is 5.34. The van der Waals surface area contributed by atoms with E-state index in [9.17, 15) is 4.39 Å². The van der Waals surface area contributed by atoms with Gasteiger partial charge in [0.25, 0.3) is 0 Å². The van der Waals surface area contributed by atoms with Crippen molar-refractivity contribution in [1.29, 1.82) is 0 Å². The largest absolute Gasteiger partial charge is 0.389 e. The number of nitrogens with one attached hydrogen (secondary N) is 1. The number of hydrogen-bond donors (Lipinski definition) is 2. The zero-order chi connectivity index (χ0) is 13.0. The molecule has 7 heteroatoms. The summed E-state index contributed by atoms with van der Waals surface area (Å²) in [6, 6.07) is 4.67. The Labute approximate surface area is 109 Å². The van der Waals surface area contributed by atoms with Gasteiger partial charge in [0.15, 0.2) is 0 Å². The van der Waals surface area contributed by atoms with Crippen molar-refractivity contribution in [3.8, 4) is 0 Å². The van der Waals surface area contributed by atoms with Crippen molar-refractivity contribution in [2.24, 2.45) is 5.73 Å². The van der Waals surface area contributed by atoms with Gasteiger partial charge < -0.3 is 11.1 Å². The van der Waals surface area contributed by atoms with E-state index in [0.29, 0.717) is 18.8 Å². The lowest BCUT2D eigenvalue weighted by Gasteiger charge is -2.08. The summed E-state index contributed by atoms with van der Waals surface area (Å²) in [5.41, 5.74) is 6.31. The van der Waals surface area contributed by atoms with Crippen LogP contribution in [0.4, 0.5) is 10.1 Å². The van der Waals surface area contributed by atoms with Crippen LogP contribution in [-0.4, -0.2) is 26.5 Å². The van der Waals surface area contributed by atoms with Gasteiger partial charge in [0.05, 0.1) is 12.7 Å². The molecule has 1 aromatic carbocycles. The number of nitrogens with zero attached hydrogens (tertiary/aromatic N) is 3. The first kappa shape index (κ1) is 12.4. The molecule has 0 atom stereocenters. The minimum absolute atomic E-state index is 0.0571. The molecule has 94 valence electrons. The molecular weight excluding hydrogens is 253 g/mol. The van der Waals surface area contributed by atoms with E-state index in [0.717, 1.165) is 0 Å². The number of halogens is 1. The first-order chi connectivity index (χ1) is 8.66. The molecule has 0 aliphatic carbocycles. The van der Waals surface area contributed by atoms with Gasteiger partial charge in [0.1, 0.15) is 10.8 Å². The molecule has 18 heavy (non-hydrogen) atoms. The van der Waals surface area contributed by atoms with Gasteiger partial charge in [-0.15, -0.1) is 5.10 Å². The second-order valence-corrected chi connectivity index (χ2v) is 4.09. The molecule has 0 spiro atoms. The molecular formula is C11H12FN5S. The van der Waals surface area contributed by atoms with Crippen LogP contribution >= 0.6 is 12.2 Å². The quantitative estimate of drug-likeness (QED) is 0.794. The summed E-state index contributed by atoms with van der Waals surface area (Å²) in [5, 5.41) is 10.6. The SMILES string of the molecule is NC(=S)c1ccc(NCCn2ccnn2)cc1F. The molecule has 0 unspecified atom stereocenters. The molecule has 0 amide bonds. The van der Waals surface area contributed by atoms with Gasteiger partial charge in [0, 0.05) is 24.0 Å². The Bertz CT molecular complexity index is 540. The number of thiocarbonyl (C=S) groups is 1. The standard InChI is InChI=1S/C11H12FN5S/c12-10-7-8(1-2-9(10)11(13)18)14-3-5-17-6-4-15-16-17/h1-2,4,6-7,14H,3,5H2,(H2,13,18). The van der Waals surface area contributed by atoms with Crippen LogP contribution in [0.15, 0.2) is 30.6 Å². The Hall–Kier alpha value is -2.02. The lowest BCUT2D eigenvalue weighted by atomic mass is 10.2. The molecule has 0 radical (unpaired) electrons. The van der Waals surface area contributed by atoms with Gasteiger partial charge in [-0.25, -0.2) is 4.39 Å². The number of aromatic nitrogens is 3. The zero-order valence-electron chi connectivity index (χ0n) is 9.51. The molecule has 1 aromatic heterocycles. The highest BCUT2D eigenvalue weighted by Crippen LogP contribution is 2.14. The van der Waals surface area contributed by atoms with Crippen molar-refractivity contribution in [2.45, 2.75) is 6.54 Å². The van der Waals surface area contributed by atoms with E-state index in [2.05, 4.69) is 15.6 Å². The van der Waals surface area contributed by atoms with Gasteiger partial charge in [-0.1, -0.05) is 17.4 Å². The van der Waals surface area contributed by atoms with Crippen molar-refractivity contribution in [1.82, 2.24) is 15.0 Å². The smallest absolute Gasteiger partial charge is 0.135 e. The van der Waals surface area contributed by atoms with E-state index in [-0.39, 0.29) is 10.6 Å². The Morgan fingerprint density at radius 2 is 2.33 bits per heavy atom. The van der Waals surface area contributed by atoms with Crippen LogP contribution in [0.1, 0.15) is 5.56 Å². The van der Waals surface area contributed by atoms with Crippen LogP contribution in [0.2, 0.25) is 0 Å². The second-order valence-electron chi connectivity index (χ2n) is 3.65. The van der Waals surface area contributed by atoms with Crippen LogP contribution in [-0.2, 0) is 6.54 Å². The monoisotopic (exact) mass is 265 g/mol. The predicted molar refractivity (Wildman–Crippen MR) is 70.8 cm³/mol. The third-order valence-electron chi connectivity index (χ3n) is 2.38. The van der Waals surface area contributed by atoms with Crippen LogP contribution < -0.4 is 11.1 Å². The lowest BCUT2D eigenvalue weighted by Crippen LogP contribution is -2.13. The highest BCUT2D eigenvalue weighted by Gasteiger charge is 2.05. The second kappa shape index (κ2) is 5.54. The van der Waals surface area contributed by atoms with Gasteiger partial charge in [-0.2, -0.15) is 0 Å². The normalized spacial score (nSPS) is 10.3. The van der Waals surface area contributed by atoms with Crippen LogP contribution in [0.5, 0.6) is 0 Å². The summed E-state index contributed by atoms with van der Waals surface area (Å²) < 4.78 is 15.3. The highest BCUT2D eigenvalue weighted by atomic mass is 32.1. The molecule has 0 saturated heterocycles. The number of nitrogens with two attached hydrogens (primary N) is 1. The molecule has 0 bridgehead atoms. The van der Waals surface area contributed by atoms with E-state index >= 15 is 0 Å². The average molecular weight is 265 g/mol. The van der Waals surface area contributed by atoms with Crippen molar-refractivity contribution in [3.05, 3.63) is 42.0 Å². The third kappa shape index (κ3) is 3.01. The summed E-state index contributed by atoms with van der Waals surface area (Å²) in [6.07, 6.45) is 3.37. The molecule has 0 aliphatic rings. The minimum Gasteiger partial charge on any atom is -0.389 e. The van der Waals surface area contributed by atoms with E-state index in [4.69, 9.17) is 18.0 Å². The van der Waals surface area contributed by atoms with Crippen molar-refractivity contribution < 1.29 is 4.39 Å². The highest BCUT2D eigenvalue weighted by molar-refractivity contribution is 7.80. The van der Waals surface area contributed by atoms with Gasteiger partial charge in [-0.05, 0) is 18.2 Å². The molecule has 2 aromatic rings. The molecule has 5 nitrogen and oxygen atoms in total. The number of anilines is 1. The van der Waals surface area contributed by atoms with Crippen molar-refractivity contribution in [2.75, 3.05) is 11.9 Å². The van der Waals surface area contributed by atoms with Crippen molar-refractivity contribution >= 4 is 22.9 Å². The van der Waals surface area contributed by atoms with E-state index in [1.165, 1.54) is 6.07 Å². The van der Waals surface area contributed by atoms with E-state index in [1.807, 2.05) is 0 Å². The zero-order valence-corrected chi connectivity index (χ0v) is 10.3. The van der Waals surface area contributed by atoms with Crippen molar-refractivity contribution in [3.63, 3.8) is 0 Å². The van der Waals surface area contributed by atoms with Gasteiger partial charge >= 0.3 is 0 Å². The van der Waals surface area contributed by atoms with Crippen LogP contribution in [0.3, 0.4) is 0 Å². The Morgan fingerprint density at radius 1 is 1.50 bits per heavy atom. The third-order valence-corrected chi connectivity index (χ3v) is 2.60. The molecule has 0 saturated carbocycles. The predicted octanol–water partition coefficient (Wildman–Crippen LogP) is 1.16. The van der Waals surface area contributed by atoms with Gasteiger partial charge in [-0.3, -0.25) is 4.68 Å². The Morgan fingerprint density at radius 3 is 2.94 bits per heavy atom. The van der Waals surface area contributed by atoms with Crippen LogP contribution in [0.25, 0.3) is 0 Å². The maximum Gasteiger partial charge on any atom is 0.135 e. The van der Waals surface area contributed by atoms with Gasteiger partial charge in [0.2, 0.25) is 0 Å². The summed E-state index contributed by atoms with van der Waals surface area (Å²) in [5.74, 6) is -0.423. The fourth-order valence-electron chi connectivity index (χ4n) is 1.49. The Balaban J connectivity index is 1.94. The maximum absolute atomic E-state index is 13.6. The molecule has 3 N–H and O–H groups in total. The fourth-order valence-corrected chi connectivity index (χ4v) is 1.66. The summed E-state index contributed by atoms with van der Waals surface area (Å²) in [4.78, 5) is 0.0571. The summed E-state index contributed by atoms with van der Waals surface area (Å²) in [7, 11) is 0. The summed E-state index contributed by atoms with van der Waals surface area (Å²) in [6.45, 7) is 1.27. The van der Waals surface area contributed by atoms with E-state index in [1.54, 1.807) is 29.2 Å². The first-order valence-corrected chi connectivity index (χ1v) is 5.75. The molecule has 0 fully saturated rings. The summed E-state index contributed by atoms with van der Waals surface area (Å²) >= 11 is 4.73. The average Bonchev–Trinajstić information content (AvgIpc) is 2.81. The van der Waals surface area contributed by atoms with Crippen LogP contribution in [0, 0.1) is 5.82 Å². The maximum atomic E-state index is 13.6. The number of hydrogen-bond acceptors (Lipinski definition) is 4. The minimum atomic E-state index is -0.423. The lowest BCUT2D eigenvalue weighted by molar-refractivity contribution is 0.607. The van der Waals surface area contributed by atoms with E-state index < -0.39 is 5.82 Å². The molecule has 0 aliphatic heterocycles. The molecule has 2 rings (SSSR count). The topological polar surface area (TPSA) is 68.8 Å². The Kier molecular flexibility index (Phi) is 3.83. The fraction of sp³-hybridized carbons (Fsp3) is 0.182.